The molecule has 1 aliphatic rings. The molecule has 1 unspecified atom stereocenters. The van der Waals surface area contributed by atoms with Gasteiger partial charge in [-0.25, -0.2) is 0 Å². The molecular formula is C22H33N3O4. The molecule has 1 aromatic heterocycles. The molecule has 3 rings (SSSR count). The van der Waals surface area contributed by atoms with Crippen LogP contribution in [-0.4, -0.2) is 73.9 Å². The third-order valence-corrected chi connectivity index (χ3v) is 5.02. The topological polar surface area (TPSA) is 71.2 Å². The highest BCUT2D eigenvalue weighted by Crippen LogP contribution is 2.33. The van der Waals surface area contributed by atoms with Crippen molar-refractivity contribution in [1.82, 2.24) is 10.1 Å². The van der Waals surface area contributed by atoms with Crippen molar-refractivity contribution in [3.63, 3.8) is 0 Å². The van der Waals surface area contributed by atoms with E-state index in [9.17, 15) is 5.11 Å². The fraction of sp³-hybridized carbons (Fsp3) is 0.591. The molecule has 160 valence electrons. The summed E-state index contributed by atoms with van der Waals surface area (Å²) in [6.07, 6.45) is 0.480. The summed E-state index contributed by atoms with van der Waals surface area (Å²) in [6.45, 7) is 10.1. The van der Waals surface area contributed by atoms with Crippen molar-refractivity contribution < 1.29 is 19.1 Å². The lowest BCUT2D eigenvalue weighted by Crippen LogP contribution is -2.38. The molecule has 7 nitrogen and oxygen atoms in total. The Morgan fingerprint density at radius 2 is 1.97 bits per heavy atom. The lowest BCUT2D eigenvalue weighted by Gasteiger charge is -2.29. The highest BCUT2D eigenvalue weighted by molar-refractivity contribution is 5.68. The van der Waals surface area contributed by atoms with Crippen LogP contribution in [-0.2, 0) is 16.0 Å². The highest BCUT2D eigenvalue weighted by Gasteiger charge is 2.26. The molecule has 1 atom stereocenters. The number of ether oxygens (including phenoxy) is 2. The van der Waals surface area contributed by atoms with Crippen LogP contribution in [0.2, 0.25) is 0 Å². The standard InChI is InChI=1S/C22H33N3O4/c1-3-10-24(15-19(26)17-27-4-2)16-20-21(18-8-6-5-7-9-18)23-29-22(20)25-11-13-28-14-12-25/h5-9,19,26H,3-4,10-17H2,1-2H3. The van der Waals surface area contributed by atoms with Gasteiger partial charge in [-0.2, -0.15) is 0 Å². The molecule has 1 fully saturated rings. The van der Waals surface area contributed by atoms with Gasteiger partial charge in [-0.3, -0.25) is 4.90 Å². The summed E-state index contributed by atoms with van der Waals surface area (Å²) in [4.78, 5) is 4.46. The maximum absolute atomic E-state index is 10.4. The predicted octanol–water partition coefficient (Wildman–Crippen LogP) is 2.79. The molecule has 0 saturated carbocycles. The molecule has 1 aliphatic heterocycles. The first-order valence-electron chi connectivity index (χ1n) is 10.6. The van der Waals surface area contributed by atoms with Gasteiger partial charge < -0.3 is 24.0 Å². The predicted molar refractivity (Wildman–Crippen MR) is 113 cm³/mol. The summed E-state index contributed by atoms with van der Waals surface area (Å²) in [6, 6.07) is 10.1. The van der Waals surface area contributed by atoms with Crippen LogP contribution >= 0.6 is 0 Å². The minimum absolute atomic E-state index is 0.349. The Kier molecular flexibility index (Phi) is 8.49. The smallest absolute Gasteiger partial charge is 0.232 e. The number of rotatable bonds is 11. The van der Waals surface area contributed by atoms with E-state index < -0.39 is 6.10 Å². The first kappa shape index (κ1) is 21.8. The Bertz CT molecular complexity index is 716. The van der Waals surface area contributed by atoms with Gasteiger partial charge in [-0.15, -0.1) is 0 Å². The van der Waals surface area contributed by atoms with Crippen LogP contribution in [0.3, 0.4) is 0 Å². The van der Waals surface area contributed by atoms with E-state index in [0.717, 1.165) is 48.8 Å². The summed E-state index contributed by atoms with van der Waals surface area (Å²) in [5.74, 6) is 0.813. The van der Waals surface area contributed by atoms with Crippen molar-refractivity contribution >= 4 is 5.88 Å². The number of hydrogen-bond acceptors (Lipinski definition) is 7. The van der Waals surface area contributed by atoms with E-state index in [1.54, 1.807) is 0 Å². The van der Waals surface area contributed by atoms with E-state index in [4.69, 9.17) is 14.0 Å². The molecule has 1 aromatic carbocycles. The van der Waals surface area contributed by atoms with Gasteiger partial charge >= 0.3 is 0 Å². The van der Waals surface area contributed by atoms with E-state index in [-0.39, 0.29) is 0 Å². The lowest BCUT2D eigenvalue weighted by molar-refractivity contribution is 0.0196. The summed E-state index contributed by atoms with van der Waals surface area (Å²) in [7, 11) is 0. The van der Waals surface area contributed by atoms with Crippen LogP contribution in [0, 0.1) is 0 Å². The van der Waals surface area contributed by atoms with Crippen LogP contribution in [0.25, 0.3) is 11.3 Å². The van der Waals surface area contributed by atoms with Crippen molar-refractivity contribution in [3.8, 4) is 11.3 Å². The number of aromatic nitrogens is 1. The zero-order valence-corrected chi connectivity index (χ0v) is 17.5. The number of morpholine rings is 1. The minimum Gasteiger partial charge on any atom is -0.389 e. The molecule has 2 aromatic rings. The molecule has 2 heterocycles. The number of aliphatic hydroxyl groups is 1. The molecule has 1 N–H and O–H groups in total. The summed E-state index contributed by atoms with van der Waals surface area (Å²) < 4.78 is 16.7. The van der Waals surface area contributed by atoms with Crippen molar-refractivity contribution in [3.05, 3.63) is 35.9 Å². The van der Waals surface area contributed by atoms with Gasteiger partial charge in [0.2, 0.25) is 5.88 Å². The van der Waals surface area contributed by atoms with E-state index in [1.165, 1.54) is 0 Å². The minimum atomic E-state index is -0.520. The summed E-state index contributed by atoms with van der Waals surface area (Å²) in [5.41, 5.74) is 2.97. The van der Waals surface area contributed by atoms with Crippen LogP contribution in [0.1, 0.15) is 25.8 Å². The average molecular weight is 404 g/mol. The molecule has 0 spiro atoms. The molecule has 0 aliphatic carbocycles. The summed E-state index contributed by atoms with van der Waals surface area (Å²) in [5, 5.41) is 14.8. The summed E-state index contributed by atoms with van der Waals surface area (Å²) >= 11 is 0. The Morgan fingerprint density at radius 1 is 1.21 bits per heavy atom. The van der Waals surface area contributed by atoms with Crippen LogP contribution in [0.4, 0.5) is 5.88 Å². The lowest BCUT2D eigenvalue weighted by atomic mass is 10.1. The zero-order valence-electron chi connectivity index (χ0n) is 17.5. The molecule has 1 saturated heterocycles. The van der Waals surface area contributed by atoms with Gasteiger partial charge in [0.1, 0.15) is 5.69 Å². The van der Waals surface area contributed by atoms with Crippen molar-refractivity contribution in [2.45, 2.75) is 32.9 Å². The normalized spacial score (nSPS) is 15.8. The maximum Gasteiger partial charge on any atom is 0.232 e. The van der Waals surface area contributed by atoms with E-state index in [1.807, 2.05) is 25.1 Å². The number of nitrogens with zero attached hydrogens (tertiary/aromatic N) is 3. The molecule has 7 heteroatoms. The Labute approximate surface area is 173 Å². The number of hydrogen-bond donors (Lipinski definition) is 1. The van der Waals surface area contributed by atoms with Crippen LogP contribution in [0.5, 0.6) is 0 Å². The number of aliphatic hydroxyl groups excluding tert-OH is 1. The van der Waals surface area contributed by atoms with Gasteiger partial charge in [-0.1, -0.05) is 42.4 Å². The quantitative estimate of drug-likeness (QED) is 0.619. The van der Waals surface area contributed by atoms with E-state index >= 15 is 0 Å². The van der Waals surface area contributed by atoms with E-state index in [0.29, 0.717) is 39.5 Å². The maximum atomic E-state index is 10.4. The molecule has 29 heavy (non-hydrogen) atoms. The van der Waals surface area contributed by atoms with Crippen molar-refractivity contribution in [1.29, 1.82) is 0 Å². The highest BCUT2D eigenvalue weighted by atomic mass is 16.5. The monoisotopic (exact) mass is 403 g/mol. The first-order chi connectivity index (χ1) is 14.2. The van der Waals surface area contributed by atoms with Crippen LogP contribution < -0.4 is 4.90 Å². The van der Waals surface area contributed by atoms with Gasteiger partial charge in [0.25, 0.3) is 0 Å². The van der Waals surface area contributed by atoms with Gasteiger partial charge in [0, 0.05) is 38.3 Å². The second-order valence-electron chi connectivity index (χ2n) is 7.33. The largest absolute Gasteiger partial charge is 0.389 e. The fourth-order valence-electron chi connectivity index (χ4n) is 3.66. The Hall–Kier alpha value is -1.93. The van der Waals surface area contributed by atoms with Crippen LogP contribution in [0.15, 0.2) is 34.9 Å². The average Bonchev–Trinajstić information content (AvgIpc) is 3.17. The fourth-order valence-corrected chi connectivity index (χ4v) is 3.66. The number of anilines is 1. The van der Waals surface area contributed by atoms with Crippen molar-refractivity contribution in [2.75, 3.05) is 57.5 Å². The molecule has 0 amide bonds. The second kappa shape index (κ2) is 11.3. The number of benzene rings is 1. The zero-order chi connectivity index (χ0) is 20.5. The molecular weight excluding hydrogens is 370 g/mol. The Balaban J connectivity index is 1.86. The van der Waals surface area contributed by atoms with Gasteiger partial charge in [0.15, 0.2) is 0 Å². The van der Waals surface area contributed by atoms with Gasteiger partial charge in [-0.05, 0) is 19.9 Å². The SMILES string of the molecule is CCCN(Cc1c(-c2ccccc2)noc1N1CCOCC1)CC(O)COCC. The third kappa shape index (κ3) is 6.02. The Morgan fingerprint density at radius 3 is 2.66 bits per heavy atom. The molecule has 0 bridgehead atoms. The van der Waals surface area contributed by atoms with Crippen molar-refractivity contribution in [2.24, 2.45) is 0 Å². The molecule has 0 radical (unpaired) electrons. The first-order valence-corrected chi connectivity index (χ1v) is 10.6. The second-order valence-corrected chi connectivity index (χ2v) is 7.33. The van der Waals surface area contributed by atoms with Gasteiger partial charge in [0.05, 0.1) is 31.5 Å². The van der Waals surface area contributed by atoms with E-state index in [2.05, 4.69) is 34.0 Å². The third-order valence-electron chi connectivity index (χ3n) is 5.02.